The molecule has 1 aliphatic rings. The molecule has 0 aliphatic carbocycles. The number of phenolic OH excluding ortho intramolecular Hbond substituents is 1. The van der Waals surface area contributed by atoms with Gasteiger partial charge in [0.05, 0.1) is 32.5 Å². The molecule has 0 bridgehead atoms. The highest BCUT2D eigenvalue weighted by atomic mass is 16.5. The molecule has 0 amide bonds. The maximum Gasteiger partial charge on any atom is 0.120 e. The summed E-state index contributed by atoms with van der Waals surface area (Å²) in [6.45, 7) is 3.17. The minimum Gasteiger partial charge on any atom is -0.508 e. The number of aromatic hydroxyl groups is 1. The maximum absolute atomic E-state index is 10.5. The predicted molar refractivity (Wildman–Crippen MR) is 111 cm³/mol. The molecule has 1 saturated heterocycles. The summed E-state index contributed by atoms with van der Waals surface area (Å²) >= 11 is 0. The van der Waals surface area contributed by atoms with Crippen molar-refractivity contribution in [2.45, 2.75) is 38.2 Å². The monoisotopic (exact) mass is 401 g/mol. The lowest BCUT2D eigenvalue weighted by Crippen LogP contribution is -2.39. The standard InChI is InChI=1S/C23H31NO5/c1-27-21-8-4-6-18(12-21)16-28-17-20(25)14-24(15-22-9-5-11-29-22)13-19-7-2-3-10-23(19)26/h2-4,6-8,10,12,20,22,25-26H,5,9,11,13-17H2,1H3. The number of benzene rings is 2. The number of rotatable bonds is 11. The number of methoxy groups -OCH3 is 1. The van der Waals surface area contributed by atoms with E-state index in [1.165, 1.54) is 0 Å². The molecule has 2 atom stereocenters. The van der Waals surface area contributed by atoms with Crippen molar-refractivity contribution >= 4 is 0 Å². The number of hydrogen-bond donors (Lipinski definition) is 2. The fourth-order valence-electron chi connectivity index (χ4n) is 3.59. The second kappa shape index (κ2) is 11.2. The van der Waals surface area contributed by atoms with E-state index in [4.69, 9.17) is 14.2 Å². The smallest absolute Gasteiger partial charge is 0.120 e. The molecule has 2 aromatic rings. The molecule has 0 aromatic heterocycles. The highest BCUT2D eigenvalue weighted by Gasteiger charge is 2.22. The van der Waals surface area contributed by atoms with E-state index >= 15 is 0 Å². The van der Waals surface area contributed by atoms with Crippen LogP contribution in [0.25, 0.3) is 0 Å². The van der Waals surface area contributed by atoms with Crippen LogP contribution in [0.4, 0.5) is 0 Å². The normalized spacial score (nSPS) is 17.6. The van der Waals surface area contributed by atoms with Gasteiger partial charge >= 0.3 is 0 Å². The van der Waals surface area contributed by atoms with Crippen molar-refractivity contribution in [2.24, 2.45) is 0 Å². The molecule has 1 aliphatic heterocycles. The van der Waals surface area contributed by atoms with Crippen LogP contribution in [-0.2, 0) is 22.6 Å². The Hall–Kier alpha value is -2.12. The zero-order valence-corrected chi connectivity index (χ0v) is 17.0. The summed E-state index contributed by atoms with van der Waals surface area (Å²) in [5.41, 5.74) is 1.84. The van der Waals surface area contributed by atoms with Gasteiger partial charge < -0.3 is 24.4 Å². The lowest BCUT2D eigenvalue weighted by Gasteiger charge is -2.27. The van der Waals surface area contributed by atoms with Crippen LogP contribution < -0.4 is 4.74 Å². The Morgan fingerprint density at radius 2 is 2.07 bits per heavy atom. The third kappa shape index (κ3) is 7.01. The van der Waals surface area contributed by atoms with Gasteiger partial charge in [0.2, 0.25) is 0 Å². The Balaban J connectivity index is 1.52. The molecule has 6 heteroatoms. The van der Waals surface area contributed by atoms with Crippen molar-refractivity contribution in [3.63, 3.8) is 0 Å². The molecule has 2 unspecified atom stereocenters. The molecule has 29 heavy (non-hydrogen) atoms. The molecule has 0 saturated carbocycles. The Bertz CT molecular complexity index is 748. The Morgan fingerprint density at radius 1 is 1.21 bits per heavy atom. The average molecular weight is 402 g/mol. The number of phenols is 1. The predicted octanol–water partition coefficient (Wildman–Crippen LogP) is 2.96. The first-order valence-electron chi connectivity index (χ1n) is 10.1. The zero-order valence-electron chi connectivity index (χ0n) is 17.0. The van der Waals surface area contributed by atoms with Crippen LogP contribution in [0, 0.1) is 0 Å². The third-order valence-corrected chi connectivity index (χ3v) is 5.05. The van der Waals surface area contributed by atoms with Crippen LogP contribution in [0.5, 0.6) is 11.5 Å². The second-order valence-corrected chi connectivity index (χ2v) is 7.48. The Labute approximate surface area is 172 Å². The largest absolute Gasteiger partial charge is 0.508 e. The molecule has 0 spiro atoms. The summed E-state index contributed by atoms with van der Waals surface area (Å²) in [4.78, 5) is 2.13. The van der Waals surface area contributed by atoms with Crippen molar-refractivity contribution < 1.29 is 24.4 Å². The van der Waals surface area contributed by atoms with Gasteiger partial charge in [0.25, 0.3) is 0 Å². The first-order chi connectivity index (χ1) is 14.1. The van der Waals surface area contributed by atoms with E-state index in [0.717, 1.165) is 42.9 Å². The van der Waals surface area contributed by atoms with E-state index in [1.807, 2.05) is 42.5 Å². The maximum atomic E-state index is 10.5. The van der Waals surface area contributed by atoms with E-state index < -0.39 is 6.10 Å². The van der Waals surface area contributed by atoms with Crippen molar-refractivity contribution in [1.29, 1.82) is 0 Å². The van der Waals surface area contributed by atoms with Crippen molar-refractivity contribution in [1.82, 2.24) is 4.90 Å². The van der Waals surface area contributed by atoms with Crippen LogP contribution in [0.2, 0.25) is 0 Å². The van der Waals surface area contributed by atoms with Gasteiger partial charge in [-0.3, -0.25) is 4.90 Å². The number of hydrogen-bond acceptors (Lipinski definition) is 6. The number of ether oxygens (including phenoxy) is 3. The van der Waals surface area contributed by atoms with Gasteiger partial charge in [-0.2, -0.15) is 0 Å². The first kappa shape index (κ1) is 21.6. The number of aliphatic hydroxyl groups is 1. The van der Waals surface area contributed by atoms with Gasteiger partial charge in [-0.1, -0.05) is 30.3 Å². The summed E-state index contributed by atoms with van der Waals surface area (Å²) in [5.74, 6) is 1.06. The van der Waals surface area contributed by atoms with Crippen molar-refractivity contribution in [3.8, 4) is 11.5 Å². The van der Waals surface area contributed by atoms with Crippen molar-refractivity contribution in [3.05, 3.63) is 59.7 Å². The van der Waals surface area contributed by atoms with Gasteiger partial charge in [0.1, 0.15) is 11.5 Å². The number of aliphatic hydroxyl groups excluding tert-OH is 1. The molecule has 6 nitrogen and oxygen atoms in total. The van der Waals surface area contributed by atoms with Gasteiger partial charge in [-0.15, -0.1) is 0 Å². The molecule has 2 N–H and O–H groups in total. The molecule has 1 heterocycles. The summed E-state index contributed by atoms with van der Waals surface area (Å²) in [6.07, 6.45) is 1.64. The van der Waals surface area contributed by atoms with Gasteiger partial charge in [0, 0.05) is 31.8 Å². The highest BCUT2D eigenvalue weighted by molar-refractivity contribution is 5.31. The van der Waals surface area contributed by atoms with E-state index in [1.54, 1.807) is 13.2 Å². The van der Waals surface area contributed by atoms with E-state index in [9.17, 15) is 10.2 Å². The minimum atomic E-state index is -0.632. The van der Waals surface area contributed by atoms with Crippen LogP contribution in [0.1, 0.15) is 24.0 Å². The fraction of sp³-hybridized carbons (Fsp3) is 0.478. The van der Waals surface area contributed by atoms with Gasteiger partial charge in [-0.25, -0.2) is 0 Å². The molecule has 158 valence electrons. The minimum absolute atomic E-state index is 0.172. The van der Waals surface area contributed by atoms with Crippen molar-refractivity contribution in [2.75, 3.05) is 33.4 Å². The second-order valence-electron chi connectivity index (χ2n) is 7.48. The molecule has 2 aromatic carbocycles. The van der Waals surface area contributed by atoms with Crippen LogP contribution in [0.15, 0.2) is 48.5 Å². The van der Waals surface area contributed by atoms with E-state index in [-0.39, 0.29) is 18.5 Å². The fourth-order valence-corrected chi connectivity index (χ4v) is 3.59. The first-order valence-corrected chi connectivity index (χ1v) is 10.1. The van der Waals surface area contributed by atoms with Crippen LogP contribution >= 0.6 is 0 Å². The van der Waals surface area contributed by atoms with Crippen LogP contribution in [-0.4, -0.2) is 60.7 Å². The van der Waals surface area contributed by atoms with Gasteiger partial charge in [-0.05, 0) is 36.6 Å². The van der Waals surface area contributed by atoms with Crippen LogP contribution in [0.3, 0.4) is 0 Å². The lowest BCUT2D eigenvalue weighted by atomic mass is 10.1. The number of nitrogens with zero attached hydrogens (tertiary/aromatic N) is 1. The average Bonchev–Trinajstić information content (AvgIpc) is 3.23. The summed E-state index contributed by atoms with van der Waals surface area (Å²) < 4.78 is 16.7. The Kier molecular flexibility index (Phi) is 8.31. The molecule has 3 rings (SSSR count). The van der Waals surface area contributed by atoms with E-state index in [2.05, 4.69) is 4.90 Å². The molecule has 0 radical (unpaired) electrons. The SMILES string of the molecule is COc1cccc(COCC(O)CN(Cc2ccccc2O)CC2CCCO2)c1. The third-order valence-electron chi connectivity index (χ3n) is 5.05. The lowest BCUT2D eigenvalue weighted by molar-refractivity contribution is -0.00303. The highest BCUT2D eigenvalue weighted by Crippen LogP contribution is 2.20. The molecular weight excluding hydrogens is 370 g/mol. The quantitative estimate of drug-likeness (QED) is 0.603. The van der Waals surface area contributed by atoms with Gasteiger partial charge in [0.15, 0.2) is 0 Å². The topological polar surface area (TPSA) is 71.4 Å². The summed E-state index contributed by atoms with van der Waals surface area (Å²) in [5, 5.41) is 20.6. The van der Waals surface area contributed by atoms with E-state index in [0.29, 0.717) is 19.7 Å². The number of para-hydroxylation sites is 1. The molecular formula is C23H31NO5. The summed E-state index contributed by atoms with van der Waals surface area (Å²) in [7, 11) is 1.64. The summed E-state index contributed by atoms with van der Waals surface area (Å²) in [6, 6.07) is 15.0. The zero-order chi connectivity index (χ0) is 20.5. The molecule has 1 fully saturated rings. The Morgan fingerprint density at radius 3 is 2.83 bits per heavy atom.